The van der Waals surface area contributed by atoms with Gasteiger partial charge < -0.3 is 9.59 Å². The van der Waals surface area contributed by atoms with Gasteiger partial charge in [0.1, 0.15) is 13.2 Å². The van der Waals surface area contributed by atoms with Crippen LogP contribution in [0.5, 0.6) is 0 Å². The van der Waals surface area contributed by atoms with Crippen LogP contribution in [-0.4, -0.2) is 61.5 Å². The van der Waals surface area contributed by atoms with E-state index in [1.165, 1.54) is 19.5 Å². The SMILES string of the molecule is CN1CCC[N+](C)(CCO)C1. The van der Waals surface area contributed by atoms with Crippen molar-refractivity contribution in [3.63, 3.8) is 0 Å². The number of hydrogen-bond donors (Lipinski definition) is 1. The normalized spacial score (nSPS) is 34.1. The van der Waals surface area contributed by atoms with Crippen molar-refractivity contribution in [2.45, 2.75) is 6.42 Å². The Morgan fingerprint density at radius 2 is 2.27 bits per heavy atom. The molecular weight excluding hydrogens is 140 g/mol. The first kappa shape index (κ1) is 8.97. The zero-order chi connectivity index (χ0) is 8.32. The van der Waals surface area contributed by atoms with Crippen molar-refractivity contribution in [2.75, 3.05) is 47.0 Å². The molecule has 1 atom stereocenters. The van der Waals surface area contributed by atoms with Crippen molar-refractivity contribution in [3.8, 4) is 0 Å². The molecule has 1 aliphatic rings. The number of rotatable bonds is 2. The Balaban J connectivity index is 2.41. The van der Waals surface area contributed by atoms with Crippen LogP contribution in [0.15, 0.2) is 0 Å². The standard InChI is InChI=1S/C8H19N2O/c1-9-4-3-5-10(2,8-9)6-7-11/h11H,3-8H2,1-2H3/q+1. The van der Waals surface area contributed by atoms with Crippen molar-refractivity contribution < 1.29 is 9.59 Å². The molecule has 0 radical (unpaired) electrons. The van der Waals surface area contributed by atoms with Crippen molar-refractivity contribution in [3.05, 3.63) is 0 Å². The minimum Gasteiger partial charge on any atom is -0.391 e. The molecule has 1 aliphatic heterocycles. The van der Waals surface area contributed by atoms with E-state index in [4.69, 9.17) is 5.11 Å². The molecule has 0 aromatic heterocycles. The van der Waals surface area contributed by atoms with Gasteiger partial charge in [-0.3, -0.25) is 4.90 Å². The van der Waals surface area contributed by atoms with E-state index in [0.29, 0.717) is 6.61 Å². The van der Waals surface area contributed by atoms with Crippen molar-refractivity contribution in [1.29, 1.82) is 0 Å². The summed E-state index contributed by atoms with van der Waals surface area (Å²) < 4.78 is 1.01. The highest BCUT2D eigenvalue weighted by Gasteiger charge is 2.26. The molecule has 0 saturated carbocycles. The van der Waals surface area contributed by atoms with Gasteiger partial charge in [0.2, 0.25) is 0 Å². The summed E-state index contributed by atoms with van der Waals surface area (Å²) in [5, 5.41) is 8.84. The lowest BCUT2D eigenvalue weighted by Gasteiger charge is -2.41. The second kappa shape index (κ2) is 3.52. The van der Waals surface area contributed by atoms with Crippen LogP contribution in [0.3, 0.4) is 0 Å². The van der Waals surface area contributed by atoms with Crippen LogP contribution in [-0.2, 0) is 0 Å². The largest absolute Gasteiger partial charge is 0.391 e. The molecule has 1 N–H and O–H groups in total. The van der Waals surface area contributed by atoms with E-state index in [1.807, 2.05) is 0 Å². The molecule has 0 aliphatic carbocycles. The molecule has 11 heavy (non-hydrogen) atoms. The summed E-state index contributed by atoms with van der Waals surface area (Å²) in [5.74, 6) is 0. The second-order valence-corrected chi connectivity index (χ2v) is 3.86. The first-order valence-corrected chi connectivity index (χ1v) is 4.29. The van der Waals surface area contributed by atoms with Crippen molar-refractivity contribution in [2.24, 2.45) is 0 Å². The molecule has 0 amide bonds. The topological polar surface area (TPSA) is 23.5 Å². The third-order valence-corrected chi connectivity index (χ3v) is 2.46. The molecule has 0 bridgehead atoms. The van der Waals surface area contributed by atoms with Crippen LogP contribution in [0.1, 0.15) is 6.42 Å². The number of likely N-dealkylation sites (N-methyl/N-ethyl adjacent to an activating group) is 1. The van der Waals surface area contributed by atoms with Crippen molar-refractivity contribution in [1.82, 2.24) is 4.90 Å². The van der Waals surface area contributed by atoms with Gasteiger partial charge >= 0.3 is 0 Å². The average Bonchev–Trinajstić information content (AvgIpc) is 1.86. The van der Waals surface area contributed by atoms with E-state index >= 15 is 0 Å². The Labute approximate surface area is 68.8 Å². The van der Waals surface area contributed by atoms with Crippen LogP contribution in [0.25, 0.3) is 0 Å². The zero-order valence-electron chi connectivity index (χ0n) is 7.58. The third-order valence-electron chi connectivity index (χ3n) is 2.46. The molecule has 66 valence electrons. The fraction of sp³-hybridized carbons (Fsp3) is 1.00. The average molecular weight is 159 g/mol. The minimum absolute atomic E-state index is 0.310. The number of quaternary nitrogens is 1. The van der Waals surface area contributed by atoms with Gasteiger partial charge in [0.15, 0.2) is 0 Å². The van der Waals surface area contributed by atoms with Gasteiger partial charge in [-0.15, -0.1) is 0 Å². The van der Waals surface area contributed by atoms with E-state index < -0.39 is 0 Å². The first-order valence-electron chi connectivity index (χ1n) is 4.29. The number of nitrogens with zero attached hydrogens (tertiary/aromatic N) is 2. The van der Waals surface area contributed by atoms with Gasteiger partial charge in [-0.05, 0) is 7.05 Å². The molecule has 0 aromatic carbocycles. The molecule has 1 saturated heterocycles. The van der Waals surface area contributed by atoms with Crippen LogP contribution < -0.4 is 0 Å². The Morgan fingerprint density at radius 3 is 2.82 bits per heavy atom. The first-order chi connectivity index (χ1) is 5.16. The van der Waals surface area contributed by atoms with E-state index in [9.17, 15) is 0 Å². The Hall–Kier alpha value is -0.120. The summed E-state index contributed by atoms with van der Waals surface area (Å²) in [6, 6.07) is 0. The predicted octanol–water partition coefficient (Wildman–Crippen LogP) is -0.282. The van der Waals surface area contributed by atoms with Crippen LogP contribution in [0.4, 0.5) is 0 Å². The maximum Gasteiger partial charge on any atom is 0.134 e. The minimum atomic E-state index is 0.310. The molecule has 1 heterocycles. The van der Waals surface area contributed by atoms with Crippen LogP contribution in [0, 0.1) is 0 Å². The summed E-state index contributed by atoms with van der Waals surface area (Å²) in [6.07, 6.45) is 1.26. The zero-order valence-corrected chi connectivity index (χ0v) is 7.58. The number of aliphatic hydroxyl groups excluding tert-OH is 1. The van der Waals surface area contributed by atoms with Gasteiger partial charge in [0.05, 0.1) is 20.2 Å². The smallest absolute Gasteiger partial charge is 0.134 e. The number of aliphatic hydroxyl groups is 1. The molecule has 0 spiro atoms. The lowest BCUT2D eigenvalue weighted by atomic mass is 10.2. The van der Waals surface area contributed by atoms with Crippen molar-refractivity contribution >= 4 is 0 Å². The highest BCUT2D eigenvalue weighted by atomic mass is 16.3. The molecule has 3 heteroatoms. The quantitative estimate of drug-likeness (QED) is 0.560. The summed E-state index contributed by atoms with van der Waals surface area (Å²) >= 11 is 0. The van der Waals surface area contributed by atoms with E-state index in [2.05, 4.69) is 19.0 Å². The summed E-state index contributed by atoms with van der Waals surface area (Å²) in [7, 11) is 4.36. The third kappa shape index (κ3) is 2.43. The highest BCUT2D eigenvalue weighted by Crippen LogP contribution is 2.10. The fourth-order valence-corrected chi connectivity index (χ4v) is 1.87. The predicted molar refractivity (Wildman–Crippen MR) is 45.1 cm³/mol. The van der Waals surface area contributed by atoms with Gasteiger partial charge in [0, 0.05) is 13.0 Å². The molecule has 1 unspecified atom stereocenters. The Morgan fingerprint density at radius 1 is 1.55 bits per heavy atom. The summed E-state index contributed by atoms with van der Waals surface area (Å²) in [5.41, 5.74) is 0. The monoisotopic (exact) mass is 159 g/mol. The summed E-state index contributed by atoms with van der Waals surface area (Å²) in [4.78, 5) is 2.33. The van der Waals surface area contributed by atoms with Gasteiger partial charge in [-0.25, -0.2) is 0 Å². The molecule has 0 aromatic rings. The van der Waals surface area contributed by atoms with E-state index in [1.54, 1.807) is 0 Å². The second-order valence-electron chi connectivity index (χ2n) is 3.86. The fourth-order valence-electron chi connectivity index (χ4n) is 1.87. The number of hydrogen-bond acceptors (Lipinski definition) is 2. The molecule has 1 fully saturated rings. The lowest BCUT2D eigenvalue weighted by molar-refractivity contribution is -0.924. The van der Waals surface area contributed by atoms with Gasteiger partial charge in [0.25, 0.3) is 0 Å². The Kier molecular flexibility index (Phi) is 2.87. The summed E-state index contributed by atoms with van der Waals surface area (Å²) in [6.45, 7) is 4.71. The van der Waals surface area contributed by atoms with Crippen LogP contribution >= 0.6 is 0 Å². The molecular formula is C8H19N2O+. The van der Waals surface area contributed by atoms with Crippen LogP contribution in [0.2, 0.25) is 0 Å². The van der Waals surface area contributed by atoms with Gasteiger partial charge in [-0.2, -0.15) is 0 Å². The molecule has 1 rings (SSSR count). The van der Waals surface area contributed by atoms with Gasteiger partial charge in [-0.1, -0.05) is 0 Å². The highest BCUT2D eigenvalue weighted by molar-refractivity contribution is 4.53. The van der Waals surface area contributed by atoms with E-state index in [0.717, 1.165) is 17.7 Å². The Bertz CT molecular complexity index is 125. The molecule has 3 nitrogen and oxygen atoms in total. The maximum absolute atomic E-state index is 8.84. The lowest BCUT2D eigenvalue weighted by Crippen LogP contribution is -2.56. The van der Waals surface area contributed by atoms with E-state index in [-0.39, 0.29) is 0 Å². The maximum atomic E-state index is 8.84.